The van der Waals surface area contributed by atoms with Crippen molar-refractivity contribution < 1.29 is 4.70 Å². The average Bonchev–Trinajstić information content (AvgIpc) is 2.36. The molecule has 0 saturated carbocycles. The van der Waals surface area contributed by atoms with Gasteiger partial charge in [0, 0.05) is 6.08 Å². The maximum Gasteiger partial charge on any atom is 0.280 e. The third-order valence-corrected chi connectivity index (χ3v) is 1.63. The van der Waals surface area contributed by atoms with E-state index in [0.29, 0.717) is 0 Å². The molecule has 0 aromatic rings. The molecule has 1 atom stereocenters. The lowest BCUT2D eigenvalue weighted by molar-refractivity contribution is -0.912. The zero-order valence-corrected chi connectivity index (χ0v) is 5.31. The van der Waals surface area contributed by atoms with Gasteiger partial charge in [-0.15, -0.1) is 11.0 Å². The molecule has 2 heterocycles. The zero-order chi connectivity index (χ0) is 7.19. The third kappa shape index (κ3) is 0.445. The standard InChI is InChI=1S/C5H8N5/c6-9-3-1-5-8-2-4-10(5,9)7/h1-4H,6-7H2/q+1. The van der Waals surface area contributed by atoms with Gasteiger partial charge >= 0.3 is 0 Å². The van der Waals surface area contributed by atoms with Gasteiger partial charge in [0.05, 0.1) is 12.4 Å². The number of aliphatic imine (C=N–C) groups is 1. The molecule has 1 unspecified atom stereocenters. The molecule has 0 radical (unpaired) electrons. The van der Waals surface area contributed by atoms with Crippen LogP contribution in [0, 0.1) is 0 Å². The second-order valence-corrected chi connectivity index (χ2v) is 2.22. The fourth-order valence-corrected chi connectivity index (χ4v) is 0.991. The number of hydrogen-bond donors (Lipinski definition) is 2. The van der Waals surface area contributed by atoms with Crippen LogP contribution in [0.3, 0.4) is 0 Å². The quantitative estimate of drug-likeness (QED) is 0.339. The summed E-state index contributed by atoms with van der Waals surface area (Å²) >= 11 is 0. The molecule has 5 heteroatoms. The summed E-state index contributed by atoms with van der Waals surface area (Å²) in [5.74, 6) is 12.0. The minimum atomic E-state index is -0.0278. The van der Waals surface area contributed by atoms with E-state index in [2.05, 4.69) is 4.99 Å². The van der Waals surface area contributed by atoms with E-state index in [1.165, 1.54) is 5.12 Å². The zero-order valence-electron chi connectivity index (χ0n) is 5.31. The summed E-state index contributed by atoms with van der Waals surface area (Å²) in [7, 11) is 0. The second-order valence-electron chi connectivity index (χ2n) is 2.22. The molecule has 0 saturated heterocycles. The molecule has 2 aliphatic heterocycles. The van der Waals surface area contributed by atoms with Crippen molar-refractivity contribution in [3.63, 3.8) is 0 Å². The Morgan fingerprint density at radius 2 is 2.40 bits per heavy atom. The fourth-order valence-electron chi connectivity index (χ4n) is 0.991. The molecule has 0 aromatic heterocycles. The SMILES string of the molecule is NN1C=CC2=NC=C[N+]21N. The van der Waals surface area contributed by atoms with Crippen molar-refractivity contribution in [1.29, 1.82) is 0 Å². The Kier molecular flexibility index (Phi) is 0.817. The van der Waals surface area contributed by atoms with Gasteiger partial charge in [-0.05, 0) is 0 Å². The number of fused-ring (bicyclic) bond motifs is 1. The van der Waals surface area contributed by atoms with Crippen LogP contribution in [0.4, 0.5) is 0 Å². The lowest BCUT2D eigenvalue weighted by Crippen LogP contribution is -2.61. The van der Waals surface area contributed by atoms with Crippen LogP contribution in [0.2, 0.25) is 0 Å². The Morgan fingerprint density at radius 1 is 1.60 bits per heavy atom. The van der Waals surface area contributed by atoms with Crippen LogP contribution in [-0.2, 0) is 0 Å². The van der Waals surface area contributed by atoms with E-state index in [1.54, 1.807) is 24.7 Å². The van der Waals surface area contributed by atoms with Gasteiger partial charge in [-0.1, -0.05) is 4.70 Å². The molecule has 0 bridgehead atoms. The van der Waals surface area contributed by atoms with Crippen LogP contribution in [-0.4, -0.2) is 15.7 Å². The number of quaternary nitrogens is 1. The summed E-state index contributed by atoms with van der Waals surface area (Å²) in [5.41, 5.74) is 0. The molecule has 5 nitrogen and oxygen atoms in total. The van der Waals surface area contributed by atoms with Crippen LogP contribution in [0.1, 0.15) is 0 Å². The minimum absolute atomic E-state index is 0.0278. The summed E-state index contributed by atoms with van der Waals surface area (Å²) in [6, 6.07) is 0. The Hall–Kier alpha value is -1.17. The van der Waals surface area contributed by atoms with Crippen LogP contribution in [0.5, 0.6) is 0 Å². The van der Waals surface area contributed by atoms with E-state index in [9.17, 15) is 0 Å². The topological polar surface area (TPSA) is 67.6 Å². The molecule has 0 spiro atoms. The van der Waals surface area contributed by atoms with Crippen molar-refractivity contribution in [2.24, 2.45) is 16.7 Å². The van der Waals surface area contributed by atoms with Gasteiger partial charge in [0.15, 0.2) is 6.20 Å². The summed E-state index contributed by atoms with van der Waals surface area (Å²) < 4.78 is -0.0278. The van der Waals surface area contributed by atoms with Crippen LogP contribution < -0.4 is 11.7 Å². The molecule has 2 rings (SSSR count). The van der Waals surface area contributed by atoms with E-state index in [-0.39, 0.29) is 4.70 Å². The first kappa shape index (κ1) is 5.60. The Balaban J connectivity index is 2.48. The molecular formula is C5H8N5+. The Morgan fingerprint density at radius 3 is 3.10 bits per heavy atom. The lowest BCUT2D eigenvalue weighted by atomic mass is 10.6. The van der Waals surface area contributed by atoms with Crippen molar-refractivity contribution in [1.82, 2.24) is 5.12 Å². The number of amidine groups is 1. The third-order valence-electron chi connectivity index (χ3n) is 1.63. The predicted octanol–water partition coefficient (Wildman–Crippen LogP) is -0.822. The van der Waals surface area contributed by atoms with Gasteiger partial charge < -0.3 is 0 Å². The van der Waals surface area contributed by atoms with Gasteiger partial charge in [0.25, 0.3) is 5.84 Å². The van der Waals surface area contributed by atoms with Crippen molar-refractivity contribution in [3.05, 3.63) is 24.7 Å². The fraction of sp³-hybridized carbons (Fsp3) is 0. The van der Waals surface area contributed by atoms with Crippen LogP contribution in [0.15, 0.2) is 29.7 Å². The maximum atomic E-state index is 5.77. The van der Waals surface area contributed by atoms with Crippen LogP contribution in [0.25, 0.3) is 0 Å². The van der Waals surface area contributed by atoms with E-state index in [4.69, 9.17) is 11.7 Å². The molecular weight excluding hydrogens is 130 g/mol. The predicted molar refractivity (Wildman–Crippen MR) is 36.2 cm³/mol. The number of hydrogen-bond acceptors (Lipinski definition) is 4. The van der Waals surface area contributed by atoms with Crippen molar-refractivity contribution in [2.45, 2.75) is 0 Å². The van der Waals surface area contributed by atoms with E-state index >= 15 is 0 Å². The highest BCUT2D eigenvalue weighted by Gasteiger charge is 2.39. The average molecular weight is 138 g/mol. The van der Waals surface area contributed by atoms with E-state index < -0.39 is 0 Å². The smallest absolute Gasteiger partial charge is 0.200 e. The summed E-state index contributed by atoms with van der Waals surface area (Å²) in [6.45, 7) is 0. The first-order chi connectivity index (χ1) is 4.73. The van der Waals surface area contributed by atoms with E-state index in [1.807, 2.05) is 0 Å². The van der Waals surface area contributed by atoms with Crippen LogP contribution >= 0.6 is 0 Å². The number of hydrazine groups is 1. The number of nitrogens with zero attached hydrogens (tertiary/aromatic N) is 3. The first-order valence-electron chi connectivity index (χ1n) is 2.89. The van der Waals surface area contributed by atoms with Gasteiger partial charge in [-0.2, -0.15) is 10.8 Å². The highest BCUT2D eigenvalue weighted by molar-refractivity contribution is 5.89. The largest absolute Gasteiger partial charge is 0.280 e. The van der Waals surface area contributed by atoms with Gasteiger partial charge in [-0.3, -0.25) is 0 Å². The van der Waals surface area contributed by atoms with Gasteiger partial charge in [0.1, 0.15) is 0 Å². The van der Waals surface area contributed by atoms with Crippen molar-refractivity contribution in [3.8, 4) is 0 Å². The second kappa shape index (κ2) is 1.46. The molecule has 52 valence electrons. The van der Waals surface area contributed by atoms with Crippen molar-refractivity contribution in [2.75, 3.05) is 0 Å². The molecule has 0 fully saturated rings. The summed E-state index contributed by atoms with van der Waals surface area (Å²) in [4.78, 5) is 3.99. The molecule has 0 aromatic carbocycles. The molecule has 0 amide bonds. The Bertz CT molecular complexity index is 253. The summed E-state index contributed by atoms with van der Waals surface area (Å²) in [5, 5.41) is 1.38. The van der Waals surface area contributed by atoms with E-state index in [0.717, 1.165) is 5.84 Å². The van der Waals surface area contributed by atoms with Crippen molar-refractivity contribution >= 4 is 5.84 Å². The maximum absolute atomic E-state index is 5.77. The lowest BCUT2D eigenvalue weighted by Gasteiger charge is -2.25. The Labute approximate surface area is 58.0 Å². The monoisotopic (exact) mass is 138 g/mol. The highest BCUT2D eigenvalue weighted by atomic mass is 16.0. The number of nitrogens with two attached hydrogens (primary N) is 2. The summed E-state index contributed by atoms with van der Waals surface area (Å²) in [6.07, 6.45) is 6.80. The van der Waals surface area contributed by atoms with Gasteiger partial charge in [-0.25, -0.2) is 0 Å². The normalized spacial score (nSPS) is 35.0. The first-order valence-corrected chi connectivity index (χ1v) is 2.89. The molecule has 2 aliphatic rings. The molecule has 10 heavy (non-hydrogen) atoms. The van der Waals surface area contributed by atoms with Gasteiger partial charge in [0.2, 0.25) is 0 Å². The molecule has 4 N–H and O–H groups in total. The number of rotatable bonds is 0. The molecule has 0 aliphatic carbocycles. The minimum Gasteiger partial charge on any atom is -0.200 e. The highest BCUT2D eigenvalue weighted by Crippen LogP contribution is 2.18.